The standard InChI is InChI=1S/C15H11FO2/c1-10(15(17)18)12-7-8-13(14(16)9-12)11-5-3-2-4-6-11/h2-9H,1H2,(H,17,18). The second-order valence-electron chi connectivity index (χ2n) is 3.84. The van der Waals surface area contributed by atoms with E-state index in [1.807, 2.05) is 18.2 Å². The Bertz CT molecular complexity index is 603. The van der Waals surface area contributed by atoms with Crippen LogP contribution in [0.15, 0.2) is 55.1 Å². The smallest absolute Gasteiger partial charge is 0.335 e. The zero-order valence-corrected chi connectivity index (χ0v) is 9.56. The van der Waals surface area contributed by atoms with Gasteiger partial charge in [0.05, 0.1) is 5.57 Å². The summed E-state index contributed by atoms with van der Waals surface area (Å²) in [6, 6.07) is 13.4. The number of carboxylic acid groups (broad SMARTS) is 1. The number of hydrogen-bond donors (Lipinski definition) is 1. The molecule has 0 heterocycles. The summed E-state index contributed by atoms with van der Waals surface area (Å²) in [7, 11) is 0. The summed E-state index contributed by atoms with van der Waals surface area (Å²) in [5.74, 6) is -1.61. The third kappa shape index (κ3) is 2.30. The molecule has 0 saturated heterocycles. The van der Waals surface area contributed by atoms with Gasteiger partial charge in [-0.1, -0.05) is 49.0 Å². The maximum atomic E-state index is 13.9. The van der Waals surface area contributed by atoms with Crippen molar-refractivity contribution in [3.8, 4) is 11.1 Å². The summed E-state index contributed by atoms with van der Waals surface area (Å²) < 4.78 is 13.9. The number of carbonyl (C=O) groups is 1. The number of halogens is 1. The van der Waals surface area contributed by atoms with Crippen LogP contribution in [0.2, 0.25) is 0 Å². The van der Waals surface area contributed by atoms with Crippen LogP contribution >= 0.6 is 0 Å². The van der Waals surface area contributed by atoms with Gasteiger partial charge in [-0.15, -0.1) is 0 Å². The van der Waals surface area contributed by atoms with Crippen molar-refractivity contribution in [3.63, 3.8) is 0 Å². The molecule has 3 heteroatoms. The van der Waals surface area contributed by atoms with E-state index >= 15 is 0 Å². The second-order valence-corrected chi connectivity index (χ2v) is 3.84. The van der Waals surface area contributed by atoms with Crippen molar-refractivity contribution < 1.29 is 14.3 Å². The lowest BCUT2D eigenvalue weighted by Gasteiger charge is -2.06. The molecule has 0 fully saturated rings. The van der Waals surface area contributed by atoms with Gasteiger partial charge in [-0.2, -0.15) is 0 Å². The van der Waals surface area contributed by atoms with Crippen LogP contribution in [0.5, 0.6) is 0 Å². The van der Waals surface area contributed by atoms with E-state index in [1.165, 1.54) is 6.07 Å². The van der Waals surface area contributed by atoms with E-state index in [0.717, 1.165) is 5.56 Å². The number of hydrogen-bond acceptors (Lipinski definition) is 1. The van der Waals surface area contributed by atoms with Crippen molar-refractivity contribution in [1.29, 1.82) is 0 Å². The fourth-order valence-corrected chi connectivity index (χ4v) is 1.68. The first kappa shape index (κ1) is 12.0. The summed E-state index contributed by atoms with van der Waals surface area (Å²) in [4.78, 5) is 10.7. The third-order valence-corrected chi connectivity index (χ3v) is 2.66. The Morgan fingerprint density at radius 3 is 2.33 bits per heavy atom. The first-order valence-corrected chi connectivity index (χ1v) is 5.37. The van der Waals surface area contributed by atoms with Gasteiger partial charge in [-0.25, -0.2) is 9.18 Å². The van der Waals surface area contributed by atoms with Crippen LogP contribution in [0.3, 0.4) is 0 Å². The van der Waals surface area contributed by atoms with Gasteiger partial charge in [0, 0.05) is 5.56 Å². The monoisotopic (exact) mass is 242 g/mol. The number of benzene rings is 2. The topological polar surface area (TPSA) is 37.3 Å². The average Bonchev–Trinajstić information content (AvgIpc) is 2.38. The summed E-state index contributed by atoms with van der Waals surface area (Å²) in [6.45, 7) is 3.40. The summed E-state index contributed by atoms with van der Waals surface area (Å²) in [5.41, 5.74) is 1.35. The first-order chi connectivity index (χ1) is 8.59. The Labute approximate surface area is 104 Å². The van der Waals surface area contributed by atoms with Crippen LogP contribution in [0.1, 0.15) is 5.56 Å². The predicted octanol–water partition coefficient (Wildman–Crippen LogP) is 3.59. The lowest BCUT2D eigenvalue weighted by atomic mass is 10.0. The lowest BCUT2D eigenvalue weighted by molar-refractivity contribution is -0.130. The van der Waals surface area contributed by atoms with Crippen molar-refractivity contribution in [2.24, 2.45) is 0 Å². The van der Waals surface area contributed by atoms with Crippen molar-refractivity contribution in [1.82, 2.24) is 0 Å². The molecule has 0 atom stereocenters. The Morgan fingerprint density at radius 2 is 1.78 bits per heavy atom. The van der Waals surface area contributed by atoms with Crippen LogP contribution in [0, 0.1) is 5.82 Å². The molecule has 2 aromatic rings. The van der Waals surface area contributed by atoms with Crippen molar-refractivity contribution in [3.05, 3.63) is 66.5 Å². The minimum Gasteiger partial charge on any atom is -0.478 e. The van der Waals surface area contributed by atoms with Gasteiger partial charge >= 0.3 is 5.97 Å². The Morgan fingerprint density at radius 1 is 1.11 bits per heavy atom. The molecule has 2 nitrogen and oxygen atoms in total. The fourth-order valence-electron chi connectivity index (χ4n) is 1.68. The van der Waals surface area contributed by atoms with E-state index in [-0.39, 0.29) is 11.1 Å². The molecule has 0 saturated carbocycles. The van der Waals surface area contributed by atoms with Gasteiger partial charge in [0.25, 0.3) is 0 Å². The molecule has 0 spiro atoms. The van der Waals surface area contributed by atoms with Crippen LogP contribution in [-0.2, 0) is 4.79 Å². The van der Waals surface area contributed by atoms with Crippen molar-refractivity contribution in [2.75, 3.05) is 0 Å². The van der Waals surface area contributed by atoms with Gasteiger partial charge < -0.3 is 5.11 Å². The number of rotatable bonds is 3. The molecule has 90 valence electrons. The quantitative estimate of drug-likeness (QED) is 0.835. The minimum atomic E-state index is -1.15. The van der Waals surface area contributed by atoms with Gasteiger partial charge in [0.2, 0.25) is 0 Å². The molecule has 0 aromatic heterocycles. The molecule has 0 amide bonds. The normalized spacial score (nSPS) is 10.1. The maximum Gasteiger partial charge on any atom is 0.335 e. The van der Waals surface area contributed by atoms with Crippen LogP contribution in [-0.4, -0.2) is 11.1 Å². The molecule has 0 unspecified atom stereocenters. The summed E-state index contributed by atoms with van der Waals surface area (Å²) >= 11 is 0. The fraction of sp³-hybridized carbons (Fsp3) is 0. The molecular formula is C15H11FO2. The zero-order chi connectivity index (χ0) is 13.1. The first-order valence-electron chi connectivity index (χ1n) is 5.37. The highest BCUT2D eigenvalue weighted by Crippen LogP contribution is 2.25. The molecule has 0 aliphatic rings. The maximum absolute atomic E-state index is 13.9. The van der Waals surface area contributed by atoms with E-state index in [4.69, 9.17) is 5.11 Å². The molecule has 2 rings (SSSR count). The Kier molecular flexibility index (Phi) is 3.24. The molecule has 1 N–H and O–H groups in total. The highest BCUT2D eigenvalue weighted by Gasteiger charge is 2.11. The number of aliphatic carboxylic acids is 1. The van der Waals surface area contributed by atoms with E-state index in [9.17, 15) is 9.18 Å². The molecule has 18 heavy (non-hydrogen) atoms. The largest absolute Gasteiger partial charge is 0.478 e. The second kappa shape index (κ2) is 4.84. The minimum absolute atomic E-state index is 0.117. The summed E-state index contributed by atoms with van der Waals surface area (Å²) in [6.07, 6.45) is 0. The van der Waals surface area contributed by atoms with E-state index in [1.54, 1.807) is 24.3 Å². The third-order valence-electron chi connectivity index (χ3n) is 2.66. The molecule has 0 bridgehead atoms. The van der Waals surface area contributed by atoms with Gasteiger partial charge in [0.15, 0.2) is 0 Å². The average molecular weight is 242 g/mol. The molecule has 0 radical (unpaired) electrons. The van der Waals surface area contributed by atoms with Crippen LogP contribution in [0.4, 0.5) is 4.39 Å². The Hall–Kier alpha value is -2.42. The molecule has 2 aromatic carbocycles. The van der Waals surface area contributed by atoms with E-state index in [0.29, 0.717) is 5.56 Å². The van der Waals surface area contributed by atoms with E-state index < -0.39 is 11.8 Å². The SMILES string of the molecule is C=C(C(=O)O)c1ccc(-c2ccccc2)c(F)c1. The molecule has 0 aliphatic heterocycles. The number of carboxylic acids is 1. The molecular weight excluding hydrogens is 231 g/mol. The summed E-state index contributed by atoms with van der Waals surface area (Å²) in [5, 5.41) is 8.79. The molecule has 0 aliphatic carbocycles. The Balaban J connectivity index is 2.43. The van der Waals surface area contributed by atoms with Crippen molar-refractivity contribution in [2.45, 2.75) is 0 Å². The zero-order valence-electron chi connectivity index (χ0n) is 9.56. The van der Waals surface area contributed by atoms with Crippen LogP contribution < -0.4 is 0 Å². The highest BCUT2D eigenvalue weighted by molar-refractivity contribution is 6.14. The van der Waals surface area contributed by atoms with Crippen LogP contribution in [0.25, 0.3) is 16.7 Å². The van der Waals surface area contributed by atoms with Crippen molar-refractivity contribution >= 4 is 11.5 Å². The van der Waals surface area contributed by atoms with Gasteiger partial charge in [-0.05, 0) is 17.2 Å². The van der Waals surface area contributed by atoms with Gasteiger partial charge in [0.1, 0.15) is 5.82 Å². The van der Waals surface area contributed by atoms with E-state index in [2.05, 4.69) is 6.58 Å². The highest BCUT2D eigenvalue weighted by atomic mass is 19.1. The van der Waals surface area contributed by atoms with Gasteiger partial charge in [-0.3, -0.25) is 0 Å². The lowest BCUT2D eigenvalue weighted by Crippen LogP contribution is -1.98. The predicted molar refractivity (Wildman–Crippen MR) is 68.5 cm³/mol.